The maximum Gasteiger partial charge on any atom is 0.416 e. The molecule has 0 spiro atoms. The Hall–Kier alpha value is -2.55. The Morgan fingerprint density at radius 1 is 1.21 bits per heavy atom. The van der Waals surface area contributed by atoms with E-state index in [0.717, 1.165) is 37.3 Å². The second-order valence-corrected chi connectivity index (χ2v) is 9.16. The fourth-order valence-corrected chi connectivity index (χ4v) is 5.05. The Bertz CT molecular complexity index is 1170. The van der Waals surface area contributed by atoms with Gasteiger partial charge in [-0.05, 0) is 42.8 Å². The topological polar surface area (TPSA) is 61.4 Å². The van der Waals surface area contributed by atoms with Gasteiger partial charge in [0.05, 0.1) is 16.3 Å². The van der Waals surface area contributed by atoms with Crippen molar-refractivity contribution in [2.75, 3.05) is 25.0 Å². The fourth-order valence-electron chi connectivity index (χ4n) is 4.42. The molecule has 180 valence electrons. The number of likely N-dealkylation sites (N-methyl/N-ethyl adjacent to an activating group) is 1. The van der Waals surface area contributed by atoms with Gasteiger partial charge in [-0.25, -0.2) is 0 Å². The van der Waals surface area contributed by atoms with Crippen molar-refractivity contribution < 1.29 is 22.8 Å². The minimum Gasteiger partial charge on any atom is -0.334 e. The number of carbonyl (C=O) groups excluding carboxylic acids is 2. The van der Waals surface area contributed by atoms with Gasteiger partial charge in [0.1, 0.15) is 0 Å². The van der Waals surface area contributed by atoms with E-state index in [4.69, 9.17) is 23.2 Å². The highest BCUT2D eigenvalue weighted by Gasteiger charge is 2.51. The molecule has 2 aliphatic rings. The first-order valence-corrected chi connectivity index (χ1v) is 11.5. The molecule has 2 N–H and O–H groups in total. The molecule has 1 atom stereocenters. The summed E-state index contributed by atoms with van der Waals surface area (Å²) in [6.45, 7) is 4.53. The predicted octanol–water partition coefficient (Wildman–Crippen LogP) is 5.37. The first kappa shape index (κ1) is 24.6. The standard InChI is InChI=1S/C24H22Cl2F3N3O2/c1-2-32-9-7-14(8-10-32)11-20(33)31-23(15-3-5-16(6-4-15)24(27,28)29)21-18(26)12-17(25)13-19(21)30-22(23)34/h3-7,12-13H,2,8-11H2,1H3,(H,30,34)(H,31,33). The molecule has 5 nitrogen and oxygen atoms in total. The number of benzene rings is 2. The van der Waals surface area contributed by atoms with Gasteiger partial charge >= 0.3 is 6.18 Å². The lowest BCUT2D eigenvalue weighted by molar-refractivity contribution is -0.137. The second-order valence-electron chi connectivity index (χ2n) is 8.32. The van der Waals surface area contributed by atoms with Gasteiger partial charge in [0.25, 0.3) is 5.91 Å². The van der Waals surface area contributed by atoms with E-state index in [0.29, 0.717) is 6.42 Å². The van der Waals surface area contributed by atoms with Crippen molar-refractivity contribution in [1.82, 2.24) is 10.2 Å². The highest BCUT2D eigenvalue weighted by molar-refractivity contribution is 6.37. The van der Waals surface area contributed by atoms with Crippen LogP contribution in [0.5, 0.6) is 0 Å². The molecule has 0 aliphatic carbocycles. The van der Waals surface area contributed by atoms with Crippen LogP contribution in [0.15, 0.2) is 48.0 Å². The molecule has 0 saturated carbocycles. The highest BCUT2D eigenvalue weighted by Crippen LogP contribution is 2.46. The quantitative estimate of drug-likeness (QED) is 0.530. The molecule has 0 aromatic heterocycles. The number of anilines is 1. The van der Waals surface area contributed by atoms with Crippen LogP contribution in [0.3, 0.4) is 0 Å². The molecule has 2 heterocycles. The Kier molecular flexibility index (Phi) is 6.68. The SMILES string of the molecule is CCN1CC=C(CC(=O)NC2(c3ccc(C(F)(F)F)cc3)C(=O)Nc3cc(Cl)cc(Cl)c32)CC1. The van der Waals surface area contributed by atoms with Gasteiger partial charge in [-0.2, -0.15) is 13.2 Å². The summed E-state index contributed by atoms with van der Waals surface area (Å²) in [7, 11) is 0. The molecule has 0 saturated heterocycles. The molecule has 0 radical (unpaired) electrons. The molecule has 34 heavy (non-hydrogen) atoms. The predicted molar refractivity (Wildman–Crippen MR) is 125 cm³/mol. The lowest BCUT2D eigenvalue weighted by atomic mass is 9.83. The first-order chi connectivity index (χ1) is 16.0. The summed E-state index contributed by atoms with van der Waals surface area (Å²) in [4.78, 5) is 28.7. The van der Waals surface area contributed by atoms with Crippen molar-refractivity contribution >= 4 is 40.7 Å². The summed E-state index contributed by atoms with van der Waals surface area (Å²) < 4.78 is 39.4. The second kappa shape index (κ2) is 9.24. The summed E-state index contributed by atoms with van der Waals surface area (Å²) in [6, 6.07) is 7.03. The van der Waals surface area contributed by atoms with E-state index in [1.807, 2.05) is 6.08 Å². The molecule has 2 aromatic rings. The zero-order valence-corrected chi connectivity index (χ0v) is 19.7. The van der Waals surface area contributed by atoms with E-state index in [1.54, 1.807) is 0 Å². The van der Waals surface area contributed by atoms with Gasteiger partial charge in [-0.15, -0.1) is 0 Å². The molecular weight excluding hydrogens is 490 g/mol. The van der Waals surface area contributed by atoms with Crippen molar-refractivity contribution in [1.29, 1.82) is 0 Å². The average Bonchev–Trinajstić information content (AvgIpc) is 3.05. The largest absolute Gasteiger partial charge is 0.416 e. The average molecular weight is 512 g/mol. The van der Waals surface area contributed by atoms with Crippen LogP contribution in [-0.2, 0) is 21.3 Å². The van der Waals surface area contributed by atoms with Crippen LogP contribution < -0.4 is 10.6 Å². The number of rotatable bonds is 5. The third-order valence-corrected chi connectivity index (χ3v) is 6.73. The monoisotopic (exact) mass is 511 g/mol. The van der Waals surface area contributed by atoms with Crippen LogP contribution in [0, 0.1) is 0 Å². The van der Waals surface area contributed by atoms with Gasteiger partial charge in [0, 0.05) is 30.1 Å². The van der Waals surface area contributed by atoms with Crippen molar-refractivity contribution in [3.63, 3.8) is 0 Å². The number of halogens is 5. The molecular formula is C24H22Cl2F3N3O2. The lowest BCUT2D eigenvalue weighted by Crippen LogP contribution is -2.52. The summed E-state index contributed by atoms with van der Waals surface area (Å²) >= 11 is 12.5. The number of hydrogen-bond acceptors (Lipinski definition) is 3. The Morgan fingerprint density at radius 3 is 2.50 bits per heavy atom. The summed E-state index contributed by atoms with van der Waals surface area (Å²) in [5, 5.41) is 5.84. The Labute approximate surface area is 204 Å². The molecule has 0 fully saturated rings. The molecule has 2 aliphatic heterocycles. The molecule has 4 rings (SSSR count). The number of alkyl halides is 3. The Balaban J connectivity index is 1.74. The fraction of sp³-hybridized carbons (Fsp3) is 0.333. The lowest BCUT2D eigenvalue weighted by Gasteiger charge is -2.31. The summed E-state index contributed by atoms with van der Waals surface area (Å²) in [5.74, 6) is -1.07. The van der Waals surface area contributed by atoms with Crippen LogP contribution in [-0.4, -0.2) is 36.3 Å². The van der Waals surface area contributed by atoms with E-state index in [1.165, 1.54) is 24.3 Å². The summed E-state index contributed by atoms with van der Waals surface area (Å²) in [5.41, 5.74) is -1.05. The van der Waals surface area contributed by atoms with E-state index in [9.17, 15) is 22.8 Å². The molecule has 2 aromatic carbocycles. The first-order valence-electron chi connectivity index (χ1n) is 10.7. The maximum atomic E-state index is 13.3. The van der Waals surface area contributed by atoms with Crippen LogP contribution in [0.25, 0.3) is 0 Å². The van der Waals surface area contributed by atoms with Crippen LogP contribution >= 0.6 is 23.2 Å². The van der Waals surface area contributed by atoms with Crippen molar-refractivity contribution in [2.24, 2.45) is 0 Å². The highest BCUT2D eigenvalue weighted by atomic mass is 35.5. The number of fused-ring (bicyclic) bond motifs is 1. The van der Waals surface area contributed by atoms with Crippen LogP contribution in [0.4, 0.5) is 18.9 Å². The number of nitrogens with one attached hydrogen (secondary N) is 2. The van der Waals surface area contributed by atoms with Crippen LogP contribution in [0.2, 0.25) is 10.0 Å². The minimum absolute atomic E-state index is 0.0633. The van der Waals surface area contributed by atoms with E-state index in [-0.39, 0.29) is 33.3 Å². The van der Waals surface area contributed by atoms with E-state index in [2.05, 4.69) is 22.5 Å². The van der Waals surface area contributed by atoms with E-state index >= 15 is 0 Å². The minimum atomic E-state index is -4.55. The van der Waals surface area contributed by atoms with Gasteiger partial charge in [-0.3, -0.25) is 14.5 Å². The normalized spacial score (nSPS) is 20.5. The van der Waals surface area contributed by atoms with Gasteiger partial charge in [0.2, 0.25) is 5.91 Å². The van der Waals surface area contributed by atoms with Crippen molar-refractivity contribution in [3.8, 4) is 0 Å². The zero-order valence-electron chi connectivity index (χ0n) is 18.2. The number of hydrogen-bond donors (Lipinski definition) is 2. The maximum absolute atomic E-state index is 13.3. The molecule has 2 amide bonds. The Morgan fingerprint density at radius 2 is 1.91 bits per heavy atom. The summed E-state index contributed by atoms with van der Waals surface area (Å²) in [6.07, 6.45) is -1.77. The third kappa shape index (κ3) is 4.54. The number of nitrogens with zero attached hydrogens (tertiary/aromatic N) is 1. The molecule has 0 bridgehead atoms. The van der Waals surface area contributed by atoms with Gasteiger partial charge in [-0.1, -0.05) is 53.9 Å². The third-order valence-electron chi connectivity index (χ3n) is 6.21. The molecule has 10 heteroatoms. The smallest absolute Gasteiger partial charge is 0.334 e. The number of amides is 2. The number of carbonyl (C=O) groups is 2. The van der Waals surface area contributed by atoms with Crippen molar-refractivity contribution in [2.45, 2.75) is 31.5 Å². The van der Waals surface area contributed by atoms with E-state index < -0.39 is 29.1 Å². The van der Waals surface area contributed by atoms with Gasteiger partial charge < -0.3 is 10.6 Å². The van der Waals surface area contributed by atoms with Crippen LogP contribution in [0.1, 0.15) is 36.5 Å². The molecule has 1 unspecified atom stereocenters. The van der Waals surface area contributed by atoms with Gasteiger partial charge in [0.15, 0.2) is 5.54 Å². The van der Waals surface area contributed by atoms with Crippen molar-refractivity contribution in [3.05, 3.63) is 74.8 Å². The zero-order chi connectivity index (χ0) is 24.7.